The van der Waals surface area contributed by atoms with E-state index in [9.17, 15) is 9.59 Å². The van der Waals surface area contributed by atoms with Crippen molar-refractivity contribution in [3.8, 4) is 0 Å². The summed E-state index contributed by atoms with van der Waals surface area (Å²) in [6.07, 6.45) is 2.78. The van der Waals surface area contributed by atoms with E-state index in [-0.39, 0.29) is 10.6 Å². The highest BCUT2D eigenvalue weighted by Crippen LogP contribution is 2.04. The molecule has 0 radical (unpaired) electrons. The highest BCUT2D eigenvalue weighted by atomic mass is 35.5. The molecule has 0 N–H and O–H groups in total. The molecule has 0 aliphatic heterocycles. The van der Waals surface area contributed by atoms with Crippen LogP contribution in [0.15, 0.2) is 36.1 Å². The van der Waals surface area contributed by atoms with E-state index in [1.54, 1.807) is 6.07 Å². The lowest BCUT2D eigenvalue weighted by atomic mass is 10.3. The number of rotatable bonds is 2. The predicted molar refractivity (Wildman–Crippen MR) is 49.7 cm³/mol. The Labute approximate surface area is 85.2 Å². The smallest absolute Gasteiger partial charge is 0.357 e. The molecule has 0 amide bonds. The number of carbonyl (C=O) groups is 2. The fourth-order valence-corrected chi connectivity index (χ4v) is 0.721. The monoisotopic (exact) mass is 211 g/mol. The number of hydrogen-bond acceptors (Lipinski definition) is 4. The van der Waals surface area contributed by atoms with Crippen LogP contribution >= 0.6 is 11.6 Å². The van der Waals surface area contributed by atoms with Crippen molar-refractivity contribution in [1.29, 1.82) is 0 Å². The van der Waals surface area contributed by atoms with Gasteiger partial charge in [-0.2, -0.15) is 0 Å². The SMILES string of the molecule is C=C(Cl)C(=O)OC(=O)c1cccnc1. The number of nitrogens with zero attached hydrogens (tertiary/aromatic N) is 1. The molecular weight excluding hydrogens is 206 g/mol. The number of halogens is 1. The van der Waals surface area contributed by atoms with Crippen molar-refractivity contribution in [2.24, 2.45) is 0 Å². The third-order valence-electron chi connectivity index (χ3n) is 1.30. The van der Waals surface area contributed by atoms with E-state index in [1.165, 1.54) is 18.5 Å². The van der Waals surface area contributed by atoms with Gasteiger partial charge in [0.25, 0.3) is 0 Å². The zero-order valence-corrected chi connectivity index (χ0v) is 7.82. The molecule has 72 valence electrons. The Bertz CT molecular complexity index is 375. The van der Waals surface area contributed by atoms with E-state index < -0.39 is 11.9 Å². The fourth-order valence-electron chi connectivity index (χ4n) is 0.682. The number of pyridine rings is 1. The van der Waals surface area contributed by atoms with Crippen molar-refractivity contribution in [3.63, 3.8) is 0 Å². The lowest BCUT2D eigenvalue weighted by molar-refractivity contribution is -0.132. The summed E-state index contributed by atoms with van der Waals surface area (Å²) >= 11 is 5.22. The van der Waals surface area contributed by atoms with Crippen molar-refractivity contribution < 1.29 is 14.3 Å². The van der Waals surface area contributed by atoms with Gasteiger partial charge in [-0.05, 0) is 12.1 Å². The van der Waals surface area contributed by atoms with Crippen LogP contribution in [0.5, 0.6) is 0 Å². The molecule has 0 aliphatic carbocycles. The topological polar surface area (TPSA) is 56.3 Å². The number of ether oxygens (including phenoxy) is 1. The minimum Gasteiger partial charge on any atom is -0.385 e. The first kappa shape index (κ1) is 10.4. The molecule has 0 saturated carbocycles. The van der Waals surface area contributed by atoms with Gasteiger partial charge in [0.05, 0.1) is 5.56 Å². The Morgan fingerprint density at radius 1 is 1.50 bits per heavy atom. The van der Waals surface area contributed by atoms with E-state index in [0.29, 0.717) is 0 Å². The third kappa shape index (κ3) is 2.67. The molecule has 0 fully saturated rings. The van der Waals surface area contributed by atoms with E-state index in [4.69, 9.17) is 11.6 Å². The van der Waals surface area contributed by atoms with E-state index >= 15 is 0 Å². The zero-order valence-electron chi connectivity index (χ0n) is 7.07. The number of carbonyl (C=O) groups excluding carboxylic acids is 2. The number of aromatic nitrogens is 1. The molecule has 1 rings (SSSR count). The van der Waals surface area contributed by atoms with Gasteiger partial charge in [0.1, 0.15) is 5.03 Å². The first-order chi connectivity index (χ1) is 6.61. The summed E-state index contributed by atoms with van der Waals surface area (Å²) in [7, 11) is 0. The molecule has 0 unspecified atom stereocenters. The second kappa shape index (κ2) is 4.53. The maximum atomic E-state index is 11.2. The van der Waals surface area contributed by atoms with Gasteiger partial charge in [-0.25, -0.2) is 9.59 Å². The molecule has 1 heterocycles. The Hall–Kier alpha value is -1.68. The second-order valence-electron chi connectivity index (χ2n) is 2.32. The largest absolute Gasteiger partial charge is 0.385 e. The molecule has 0 aromatic carbocycles. The Morgan fingerprint density at radius 2 is 2.21 bits per heavy atom. The first-order valence-corrected chi connectivity index (χ1v) is 4.00. The maximum Gasteiger partial charge on any atom is 0.357 e. The van der Waals surface area contributed by atoms with Gasteiger partial charge >= 0.3 is 11.9 Å². The molecule has 0 spiro atoms. The van der Waals surface area contributed by atoms with Crippen LogP contribution in [0.25, 0.3) is 0 Å². The van der Waals surface area contributed by atoms with Crippen LogP contribution in [-0.4, -0.2) is 16.9 Å². The van der Waals surface area contributed by atoms with E-state index in [2.05, 4.69) is 16.3 Å². The van der Waals surface area contributed by atoms with Gasteiger partial charge in [0, 0.05) is 12.4 Å². The van der Waals surface area contributed by atoms with E-state index in [0.717, 1.165) is 0 Å². The van der Waals surface area contributed by atoms with E-state index in [1.807, 2.05) is 0 Å². The summed E-state index contributed by atoms with van der Waals surface area (Å²) in [6, 6.07) is 3.02. The predicted octanol–water partition coefficient (Wildman–Crippen LogP) is 1.52. The minimum absolute atomic E-state index is 0.179. The van der Waals surface area contributed by atoms with Crippen LogP contribution in [0.2, 0.25) is 0 Å². The van der Waals surface area contributed by atoms with Crippen molar-refractivity contribution in [3.05, 3.63) is 41.7 Å². The van der Waals surface area contributed by atoms with Gasteiger partial charge in [0.15, 0.2) is 0 Å². The van der Waals surface area contributed by atoms with Crippen LogP contribution in [0.4, 0.5) is 0 Å². The summed E-state index contributed by atoms with van der Waals surface area (Å²) in [5.41, 5.74) is 0.179. The first-order valence-electron chi connectivity index (χ1n) is 3.62. The number of esters is 2. The highest BCUT2D eigenvalue weighted by molar-refractivity contribution is 6.41. The molecule has 5 heteroatoms. The lowest BCUT2D eigenvalue weighted by Crippen LogP contribution is -2.12. The number of hydrogen-bond donors (Lipinski definition) is 0. The molecule has 0 atom stereocenters. The molecular formula is C9H6ClNO3. The summed E-state index contributed by atoms with van der Waals surface area (Å²) in [4.78, 5) is 25.7. The van der Waals surface area contributed by atoms with Crippen molar-refractivity contribution in [2.45, 2.75) is 0 Å². The third-order valence-corrected chi connectivity index (χ3v) is 1.46. The standard InChI is InChI=1S/C9H6ClNO3/c1-6(10)8(12)14-9(13)7-3-2-4-11-5-7/h2-5H,1H2. The van der Waals surface area contributed by atoms with Crippen molar-refractivity contribution >= 4 is 23.5 Å². The summed E-state index contributed by atoms with van der Waals surface area (Å²) < 4.78 is 4.35. The van der Waals surface area contributed by atoms with Crippen LogP contribution in [-0.2, 0) is 9.53 Å². The van der Waals surface area contributed by atoms with Gasteiger partial charge in [-0.15, -0.1) is 0 Å². The van der Waals surface area contributed by atoms with Gasteiger partial charge in [0.2, 0.25) is 0 Å². The highest BCUT2D eigenvalue weighted by Gasteiger charge is 2.13. The summed E-state index contributed by atoms with van der Waals surface area (Å²) in [6.45, 7) is 3.12. The minimum atomic E-state index is -0.958. The van der Waals surface area contributed by atoms with Gasteiger partial charge in [-0.1, -0.05) is 18.2 Å². The van der Waals surface area contributed by atoms with Crippen molar-refractivity contribution in [2.75, 3.05) is 0 Å². The van der Waals surface area contributed by atoms with Gasteiger partial charge < -0.3 is 4.74 Å². The van der Waals surface area contributed by atoms with Crippen LogP contribution < -0.4 is 0 Å². The summed E-state index contributed by atoms with van der Waals surface area (Å²) in [5.74, 6) is -1.76. The second-order valence-corrected chi connectivity index (χ2v) is 2.78. The van der Waals surface area contributed by atoms with Crippen LogP contribution in [0.3, 0.4) is 0 Å². The van der Waals surface area contributed by atoms with Gasteiger partial charge in [-0.3, -0.25) is 4.98 Å². The molecule has 4 nitrogen and oxygen atoms in total. The molecule has 0 bridgehead atoms. The Balaban J connectivity index is 2.69. The maximum absolute atomic E-state index is 11.2. The fraction of sp³-hybridized carbons (Fsp3) is 0. The normalized spacial score (nSPS) is 9.21. The summed E-state index contributed by atoms with van der Waals surface area (Å²) in [5, 5.41) is -0.345. The van der Waals surface area contributed by atoms with Crippen molar-refractivity contribution in [1.82, 2.24) is 4.98 Å². The average molecular weight is 212 g/mol. The quantitative estimate of drug-likeness (QED) is 0.423. The van der Waals surface area contributed by atoms with Crippen LogP contribution in [0.1, 0.15) is 10.4 Å². The van der Waals surface area contributed by atoms with Crippen LogP contribution in [0, 0.1) is 0 Å². The zero-order chi connectivity index (χ0) is 10.6. The molecule has 1 aromatic heterocycles. The Kier molecular flexibility index (Phi) is 3.36. The Morgan fingerprint density at radius 3 is 2.71 bits per heavy atom. The lowest BCUT2D eigenvalue weighted by Gasteiger charge is -1.99. The molecule has 0 aliphatic rings. The average Bonchev–Trinajstić information content (AvgIpc) is 2.19. The molecule has 0 saturated heterocycles. The molecule has 1 aromatic rings. The molecule has 14 heavy (non-hydrogen) atoms.